The second-order valence-electron chi connectivity index (χ2n) is 4.59. The van der Waals surface area contributed by atoms with Crippen LogP contribution in [0.4, 0.5) is 0 Å². The number of piperazine rings is 1. The van der Waals surface area contributed by atoms with E-state index in [4.69, 9.17) is 5.26 Å². The summed E-state index contributed by atoms with van der Waals surface area (Å²) in [5.74, 6) is -0.240. The van der Waals surface area contributed by atoms with Crippen molar-refractivity contribution < 1.29 is 4.79 Å². The summed E-state index contributed by atoms with van der Waals surface area (Å²) in [5.41, 5.74) is 1.72. The van der Waals surface area contributed by atoms with E-state index in [1.54, 1.807) is 4.90 Å². The molecular weight excluding hydrogens is 254 g/mol. The van der Waals surface area contributed by atoms with Gasteiger partial charge in [-0.05, 0) is 12.1 Å². The van der Waals surface area contributed by atoms with Crippen molar-refractivity contribution in [2.75, 3.05) is 19.6 Å². The summed E-state index contributed by atoms with van der Waals surface area (Å²) in [7, 11) is 0. The predicted octanol–water partition coefficient (Wildman–Crippen LogP) is 0.567. The SMILES string of the molecule is N#CC1CNCCN1C(=O)c1cnc2ccccc2n1. The van der Waals surface area contributed by atoms with Gasteiger partial charge < -0.3 is 10.2 Å². The van der Waals surface area contributed by atoms with Crippen LogP contribution in [0, 0.1) is 11.3 Å². The summed E-state index contributed by atoms with van der Waals surface area (Å²) in [6.45, 7) is 1.68. The topological polar surface area (TPSA) is 81.9 Å². The summed E-state index contributed by atoms with van der Waals surface area (Å²) in [6, 6.07) is 9.08. The number of carbonyl (C=O) groups excluding carboxylic acids is 1. The largest absolute Gasteiger partial charge is 0.319 e. The standard InChI is InChI=1S/C14H13N5O/c15-7-10-8-16-5-6-19(10)14(20)13-9-17-11-3-1-2-4-12(11)18-13/h1-4,9-10,16H,5-6,8H2. The maximum absolute atomic E-state index is 12.5. The van der Waals surface area contributed by atoms with Crippen LogP contribution in [0.1, 0.15) is 10.5 Å². The number of amides is 1. The quantitative estimate of drug-likeness (QED) is 0.816. The average Bonchev–Trinajstić information content (AvgIpc) is 2.53. The minimum absolute atomic E-state index is 0.240. The Kier molecular flexibility index (Phi) is 3.27. The number of carbonyl (C=O) groups is 1. The lowest BCUT2D eigenvalue weighted by atomic mass is 10.2. The van der Waals surface area contributed by atoms with Crippen LogP contribution >= 0.6 is 0 Å². The summed E-state index contributed by atoms with van der Waals surface area (Å²) >= 11 is 0. The van der Waals surface area contributed by atoms with Gasteiger partial charge in [-0.3, -0.25) is 9.78 Å². The Morgan fingerprint density at radius 3 is 3.00 bits per heavy atom. The molecule has 6 heteroatoms. The summed E-state index contributed by atoms with van der Waals surface area (Å²) in [5, 5.41) is 12.2. The summed E-state index contributed by atoms with van der Waals surface area (Å²) < 4.78 is 0. The molecule has 1 saturated heterocycles. The first kappa shape index (κ1) is 12.5. The van der Waals surface area contributed by atoms with Gasteiger partial charge in [0, 0.05) is 19.6 Å². The second kappa shape index (κ2) is 5.23. The van der Waals surface area contributed by atoms with Crippen molar-refractivity contribution in [3.63, 3.8) is 0 Å². The van der Waals surface area contributed by atoms with Crippen LogP contribution in [-0.4, -0.2) is 46.5 Å². The zero-order chi connectivity index (χ0) is 13.9. The number of fused-ring (bicyclic) bond motifs is 1. The summed E-state index contributed by atoms with van der Waals surface area (Å²) in [4.78, 5) is 22.6. The molecule has 2 aromatic rings. The molecule has 20 heavy (non-hydrogen) atoms. The molecule has 100 valence electrons. The third kappa shape index (κ3) is 2.19. The molecule has 1 fully saturated rings. The van der Waals surface area contributed by atoms with Gasteiger partial charge in [0.05, 0.1) is 23.3 Å². The monoisotopic (exact) mass is 267 g/mol. The molecule has 1 aromatic carbocycles. The number of hydrogen-bond acceptors (Lipinski definition) is 5. The molecule has 6 nitrogen and oxygen atoms in total. The first-order valence-corrected chi connectivity index (χ1v) is 6.42. The smallest absolute Gasteiger partial charge is 0.275 e. The Balaban J connectivity index is 1.93. The number of hydrogen-bond donors (Lipinski definition) is 1. The number of rotatable bonds is 1. The van der Waals surface area contributed by atoms with E-state index in [9.17, 15) is 4.79 Å². The molecule has 1 N–H and O–H groups in total. The molecule has 1 amide bonds. The van der Waals surface area contributed by atoms with Crippen LogP contribution in [0.5, 0.6) is 0 Å². The number of benzene rings is 1. The molecule has 1 aliphatic rings. The predicted molar refractivity (Wildman–Crippen MR) is 72.8 cm³/mol. The van der Waals surface area contributed by atoms with E-state index < -0.39 is 6.04 Å². The second-order valence-corrected chi connectivity index (χ2v) is 4.59. The van der Waals surface area contributed by atoms with Crippen LogP contribution in [0.3, 0.4) is 0 Å². The number of nitrogens with one attached hydrogen (secondary N) is 1. The molecule has 3 rings (SSSR count). The van der Waals surface area contributed by atoms with Gasteiger partial charge in [0.1, 0.15) is 11.7 Å². The fourth-order valence-corrected chi connectivity index (χ4v) is 2.27. The van der Waals surface area contributed by atoms with Crippen molar-refractivity contribution in [1.29, 1.82) is 5.26 Å². The molecule has 0 saturated carbocycles. The van der Waals surface area contributed by atoms with Crippen molar-refractivity contribution in [2.24, 2.45) is 0 Å². The minimum Gasteiger partial charge on any atom is -0.319 e. The van der Waals surface area contributed by atoms with Crippen LogP contribution in [-0.2, 0) is 0 Å². The van der Waals surface area contributed by atoms with Gasteiger partial charge in [0.15, 0.2) is 0 Å². The van der Waals surface area contributed by atoms with Crippen molar-refractivity contribution >= 4 is 16.9 Å². The molecule has 1 unspecified atom stereocenters. The van der Waals surface area contributed by atoms with Gasteiger partial charge in [0.25, 0.3) is 5.91 Å². The Morgan fingerprint density at radius 1 is 1.40 bits per heavy atom. The Hall–Kier alpha value is -2.52. The number of nitriles is 1. The lowest BCUT2D eigenvalue weighted by Gasteiger charge is -2.31. The Morgan fingerprint density at radius 2 is 2.20 bits per heavy atom. The lowest BCUT2D eigenvalue weighted by molar-refractivity contribution is 0.0681. The molecule has 1 aromatic heterocycles. The van der Waals surface area contributed by atoms with E-state index in [1.165, 1.54) is 6.20 Å². The zero-order valence-electron chi connectivity index (χ0n) is 10.8. The summed E-state index contributed by atoms with van der Waals surface area (Å²) in [6.07, 6.45) is 1.47. The number of nitrogens with zero attached hydrogens (tertiary/aromatic N) is 4. The van der Waals surface area contributed by atoms with Crippen molar-refractivity contribution in [1.82, 2.24) is 20.2 Å². The van der Waals surface area contributed by atoms with E-state index in [-0.39, 0.29) is 11.6 Å². The molecule has 2 heterocycles. The highest BCUT2D eigenvalue weighted by molar-refractivity contribution is 5.94. The third-order valence-corrected chi connectivity index (χ3v) is 3.32. The molecular formula is C14H13N5O. The van der Waals surface area contributed by atoms with Gasteiger partial charge in [-0.25, -0.2) is 4.98 Å². The van der Waals surface area contributed by atoms with Gasteiger partial charge in [-0.15, -0.1) is 0 Å². The highest BCUT2D eigenvalue weighted by Crippen LogP contribution is 2.12. The first-order valence-electron chi connectivity index (χ1n) is 6.42. The highest BCUT2D eigenvalue weighted by atomic mass is 16.2. The van der Waals surface area contributed by atoms with Crippen LogP contribution in [0.15, 0.2) is 30.5 Å². The van der Waals surface area contributed by atoms with E-state index in [0.717, 1.165) is 5.52 Å². The molecule has 0 radical (unpaired) electrons. The highest BCUT2D eigenvalue weighted by Gasteiger charge is 2.28. The minimum atomic E-state index is -0.454. The van der Waals surface area contributed by atoms with Gasteiger partial charge in [-0.1, -0.05) is 12.1 Å². The molecule has 0 aliphatic carbocycles. The number of aromatic nitrogens is 2. The van der Waals surface area contributed by atoms with E-state index in [1.807, 2.05) is 24.3 Å². The van der Waals surface area contributed by atoms with Gasteiger partial charge in [0.2, 0.25) is 0 Å². The maximum atomic E-state index is 12.5. The zero-order valence-corrected chi connectivity index (χ0v) is 10.8. The Bertz CT molecular complexity index is 693. The number of para-hydroxylation sites is 2. The van der Waals surface area contributed by atoms with Gasteiger partial charge >= 0.3 is 0 Å². The van der Waals surface area contributed by atoms with Crippen molar-refractivity contribution in [3.05, 3.63) is 36.2 Å². The van der Waals surface area contributed by atoms with Crippen molar-refractivity contribution in [2.45, 2.75) is 6.04 Å². The van der Waals surface area contributed by atoms with Crippen molar-refractivity contribution in [3.8, 4) is 6.07 Å². The third-order valence-electron chi connectivity index (χ3n) is 3.32. The first-order chi connectivity index (χ1) is 9.79. The van der Waals surface area contributed by atoms with Gasteiger partial charge in [-0.2, -0.15) is 5.26 Å². The molecule has 1 atom stereocenters. The Labute approximate surface area is 116 Å². The van der Waals surface area contributed by atoms with Crippen LogP contribution in [0.25, 0.3) is 11.0 Å². The molecule has 0 spiro atoms. The normalized spacial score (nSPS) is 18.8. The van der Waals surface area contributed by atoms with Crippen LogP contribution < -0.4 is 5.32 Å². The van der Waals surface area contributed by atoms with E-state index in [2.05, 4.69) is 21.4 Å². The molecule has 1 aliphatic heterocycles. The fourth-order valence-electron chi connectivity index (χ4n) is 2.27. The maximum Gasteiger partial charge on any atom is 0.275 e. The van der Waals surface area contributed by atoms with E-state index >= 15 is 0 Å². The average molecular weight is 267 g/mol. The lowest BCUT2D eigenvalue weighted by Crippen LogP contribution is -2.53. The fraction of sp³-hybridized carbons (Fsp3) is 0.286. The van der Waals surface area contributed by atoms with E-state index in [0.29, 0.717) is 25.2 Å². The molecule has 0 bridgehead atoms. The van der Waals surface area contributed by atoms with Crippen LogP contribution in [0.2, 0.25) is 0 Å².